The van der Waals surface area contributed by atoms with Gasteiger partial charge in [-0.25, -0.2) is 9.78 Å². The van der Waals surface area contributed by atoms with Crippen LogP contribution in [0.4, 0.5) is 0 Å². The second-order valence-corrected chi connectivity index (χ2v) is 6.85. The summed E-state index contributed by atoms with van der Waals surface area (Å²) in [7, 11) is 0. The molecule has 4 heterocycles. The maximum absolute atomic E-state index is 6.11. The van der Waals surface area contributed by atoms with E-state index in [2.05, 4.69) is 13.8 Å². The van der Waals surface area contributed by atoms with Crippen LogP contribution in [0, 0.1) is 17.8 Å². The van der Waals surface area contributed by atoms with Crippen LogP contribution in [0.3, 0.4) is 0 Å². The summed E-state index contributed by atoms with van der Waals surface area (Å²) < 4.78 is 12.0. The van der Waals surface area contributed by atoms with Crippen LogP contribution in [0.15, 0.2) is 11.8 Å². The molecule has 1 saturated carbocycles. The van der Waals surface area contributed by atoms with Crippen molar-refractivity contribution < 1.29 is 19.2 Å². The molecule has 0 aromatic carbocycles. The molecule has 4 fully saturated rings. The van der Waals surface area contributed by atoms with E-state index in [1.807, 2.05) is 13.2 Å². The van der Waals surface area contributed by atoms with Crippen LogP contribution in [-0.4, -0.2) is 17.7 Å². The van der Waals surface area contributed by atoms with Crippen molar-refractivity contribution in [3.63, 3.8) is 0 Å². The van der Waals surface area contributed by atoms with Gasteiger partial charge in [-0.05, 0) is 44.6 Å². The molecule has 4 aliphatic heterocycles. The van der Waals surface area contributed by atoms with Crippen LogP contribution in [0.25, 0.3) is 0 Å². The number of fused-ring (bicyclic) bond motifs is 2. The van der Waals surface area contributed by atoms with E-state index < -0.39 is 11.4 Å². The third kappa shape index (κ3) is 1.45. The van der Waals surface area contributed by atoms with Gasteiger partial charge < -0.3 is 9.47 Å². The van der Waals surface area contributed by atoms with E-state index in [1.165, 1.54) is 12.0 Å². The van der Waals surface area contributed by atoms with Gasteiger partial charge in [0.15, 0.2) is 5.60 Å². The van der Waals surface area contributed by atoms with E-state index in [0.717, 1.165) is 19.3 Å². The van der Waals surface area contributed by atoms with Crippen molar-refractivity contribution >= 4 is 0 Å². The Balaban J connectivity index is 1.85. The van der Waals surface area contributed by atoms with Crippen LogP contribution < -0.4 is 0 Å². The molecule has 0 aromatic heterocycles. The first kappa shape index (κ1) is 12.2. The van der Waals surface area contributed by atoms with Crippen molar-refractivity contribution in [3.05, 3.63) is 11.8 Å². The van der Waals surface area contributed by atoms with Gasteiger partial charge in [-0.1, -0.05) is 6.92 Å². The van der Waals surface area contributed by atoms with E-state index >= 15 is 0 Å². The Labute approximate surface area is 114 Å². The molecule has 0 N–H and O–H groups in total. The summed E-state index contributed by atoms with van der Waals surface area (Å²) in [5, 5.41) is 0. The van der Waals surface area contributed by atoms with Crippen molar-refractivity contribution in [2.24, 2.45) is 17.8 Å². The maximum atomic E-state index is 6.11. The molecule has 2 bridgehead atoms. The quantitative estimate of drug-likeness (QED) is 0.631. The molecule has 0 radical (unpaired) electrons. The zero-order valence-corrected chi connectivity index (χ0v) is 11.8. The summed E-state index contributed by atoms with van der Waals surface area (Å²) in [4.78, 5) is 11.7. The molecule has 4 heteroatoms. The Hall–Kier alpha value is -0.580. The highest BCUT2D eigenvalue weighted by molar-refractivity contribution is 5.19. The zero-order chi connectivity index (χ0) is 13.3. The predicted octanol–water partition coefficient (Wildman–Crippen LogP) is 3.14. The maximum Gasteiger partial charge on any atom is 0.235 e. The van der Waals surface area contributed by atoms with Gasteiger partial charge in [0.2, 0.25) is 12.1 Å². The van der Waals surface area contributed by atoms with Crippen molar-refractivity contribution in [1.82, 2.24) is 0 Å². The standard InChI is InChI=1S/C15H22O4/c1-9-4-5-11-10(2)8-16-13-15(11)12(9)6-7-14(3,17-13)18-19-15/h8-9,11-13H,4-7H2,1-3H3/t9-,11+,12?,13-,14+,15?/m1/s1. The van der Waals surface area contributed by atoms with Gasteiger partial charge in [0.1, 0.15) is 0 Å². The Kier molecular flexibility index (Phi) is 2.40. The molecule has 3 saturated heterocycles. The zero-order valence-electron chi connectivity index (χ0n) is 11.8. The fraction of sp³-hybridized carbons (Fsp3) is 0.867. The molecule has 5 rings (SSSR count). The predicted molar refractivity (Wildman–Crippen MR) is 67.6 cm³/mol. The van der Waals surface area contributed by atoms with Crippen LogP contribution in [0.5, 0.6) is 0 Å². The molecule has 4 nitrogen and oxygen atoms in total. The van der Waals surface area contributed by atoms with Crippen LogP contribution >= 0.6 is 0 Å². The second kappa shape index (κ2) is 3.74. The number of rotatable bonds is 0. The molecule has 2 unspecified atom stereocenters. The van der Waals surface area contributed by atoms with Gasteiger partial charge >= 0.3 is 0 Å². The summed E-state index contributed by atoms with van der Waals surface area (Å²) in [6, 6.07) is 0. The lowest BCUT2D eigenvalue weighted by atomic mass is 9.60. The van der Waals surface area contributed by atoms with E-state index in [1.54, 1.807) is 0 Å². The molecule has 6 atom stereocenters. The topological polar surface area (TPSA) is 36.9 Å². The Morgan fingerprint density at radius 3 is 2.89 bits per heavy atom. The van der Waals surface area contributed by atoms with Crippen molar-refractivity contribution in [2.75, 3.05) is 0 Å². The summed E-state index contributed by atoms with van der Waals surface area (Å²) in [6.07, 6.45) is 5.87. The molecule has 106 valence electrons. The molecule has 19 heavy (non-hydrogen) atoms. The van der Waals surface area contributed by atoms with Crippen LogP contribution in [0.1, 0.15) is 46.5 Å². The second-order valence-electron chi connectivity index (χ2n) is 6.85. The van der Waals surface area contributed by atoms with E-state index in [4.69, 9.17) is 19.2 Å². The average Bonchev–Trinajstić information content (AvgIpc) is 2.61. The Morgan fingerprint density at radius 2 is 2.05 bits per heavy atom. The monoisotopic (exact) mass is 266 g/mol. The fourth-order valence-electron chi connectivity index (χ4n) is 4.55. The molecule has 1 spiro atoms. The minimum absolute atomic E-state index is 0.324. The summed E-state index contributed by atoms with van der Waals surface area (Å²) in [5.41, 5.74) is 0.817. The fourth-order valence-corrected chi connectivity index (χ4v) is 4.55. The Bertz CT molecular complexity index is 434. The highest BCUT2D eigenvalue weighted by atomic mass is 17.3. The van der Waals surface area contributed by atoms with E-state index in [0.29, 0.717) is 17.8 Å². The third-order valence-corrected chi connectivity index (χ3v) is 5.65. The van der Waals surface area contributed by atoms with Crippen molar-refractivity contribution in [2.45, 2.75) is 64.1 Å². The van der Waals surface area contributed by atoms with Crippen LogP contribution in [0.2, 0.25) is 0 Å². The SMILES string of the molecule is CC1=CO[C@@H]2O[C@]3(C)CCC4[C@H](C)CC[C@@H]1C42OO3. The molecule has 0 aromatic rings. The first-order valence-corrected chi connectivity index (χ1v) is 7.42. The summed E-state index contributed by atoms with van der Waals surface area (Å²) in [5.74, 6) is 0.775. The molecule has 0 amide bonds. The van der Waals surface area contributed by atoms with Gasteiger partial charge in [-0.2, -0.15) is 0 Å². The lowest BCUT2D eigenvalue weighted by Gasteiger charge is -2.56. The van der Waals surface area contributed by atoms with Gasteiger partial charge in [0.05, 0.1) is 6.26 Å². The molecular formula is C15H22O4. The van der Waals surface area contributed by atoms with Gasteiger partial charge in [-0.3, -0.25) is 0 Å². The number of hydrogen-bond acceptors (Lipinski definition) is 4. The van der Waals surface area contributed by atoms with Gasteiger partial charge in [0.25, 0.3) is 0 Å². The Morgan fingerprint density at radius 1 is 1.21 bits per heavy atom. The number of ether oxygens (including phenoxy) is 2. The highest BCUT2D eigenvalue weighted by Crippen LogP contribution is 2.59. The lowest BCUT2D eigenvalue weighted by molar-refractivity contribution is -0.555. The van der Waals surface area contributed by atoms with Gasteiger partial charge in [-0.15, -0.1) is 0 Å². The molecule has 5 aliphatic rings. The summed E-state index contributed by atoms with van der Waals surface area (Å²) in [6.45, 7) is 6.40. The lowest BCUT2D eigenvalue weighted by Crippen LogP contribution is -2.66. The highest BCUT2D eigenvalue weighted by Gasteiger charge is 2.67. The number of hydrogen-bond donors (Lipinski definition) is 0. The van der Waals surface area contributed by atoms with Crippen molar-refractivity contribution in [3.8, 4) is 0 Å². The van der Waals surface area contributed by atoms with Crippen LogP contribution in [-0.2, 0) is 19.2 Å². The first-order chi connectivity index (χ1) is 9.05. The first-order valence-electron chi connectivity index (χ1n) is 7.42. The largest absolute Gasteiger partial charge is 0.469 e. The third-order valence-electron chi connectivity index (χ3n) is 5.65. The normalized spacial score (nSPS) is 55.8. The minimum atomic E-state index is -0.656. The van der Waals surface area contributed by atoms with E-state index in [9.17, 15) is 0 Å². The average molecular weight is 266 g/mol. The molecule has 1 aliphatic carbocycles. The summed E-state index contributed by atoms with van der Waals surface area (Å²) >= 11 is 0. The van der Waals surface area contributed by atoms with Crippen molar-refractivity contribution in [1.29, 1.82) is 0 Å². The van der Waals surface area contributed by atoms with Gasteiger partial charge in [0, 0.05) is 18.3 Å². The smallest absolute Gasteiger partial charge is 0.235 e. The molecular weight excluding hydrogens is 244 g/mol. The van der Waals surface area contributed by atoms with E-state index in [-0.39, 0.29) is 6.29 Å². The minimum Gasteiger partial charge on any atom is -0.469 e.